The molecule has 2 aromatic heterocycles. The minimum absolute atomic E-state index is 0.0390. The molecule has 1 aromatic carbocycles. The maximum absolute atomic E-state index is 12.9. The van der Waals surface area contributed by atoms with Gasteiger partial charge in [0.15, 0.2) is 5.82 Å². The Bertz CT molecular complexity index is 1260. The van der Waals surface area contributed by atoms with Crippen molar-refractivity contribution in [2.24, 2.45) is 11.7 Å². The van der Waals surface area contributed by atoms with Crippen LogP contribution in [0.15, 0.2) is 47.2 Å². The third kappa shape index (κ3) is 5.66. The van der Waals surface area contributed by atoms with Crippen LogP contribution in [0.1, 0.15) is 70.3 Å². The van der Waals surface area contributed by atoms with E-state index < -0.39 is 0 Å². The highest BCUT2D eigenvalue weighted by Crippen LogP contribution is 2.40. The third-order valence-corrected chi connectivity index (χ3v) is 9.09. The predicted molar refractivity (Wildman–Crippen MR) is 153 cm³/mol. The largest absolute Gasteiger partial charge is 0.343 e. The molecule has 3 aromatic rings. The fourth-order valence-electron chi connectivity index (χ4n) is 5.76. The van der Waals surface area contributed by atoms with Crippen molar-refractivity contribution in [3.63, 3.8) is 0 Å². The second-order valence-electron chi connectivity index (χ2n) is 10.9. The first-order valence-electron chi connectivity index (χ1n) is 13.7. The molecule has 2 heterocycles. The van der Waals surface area contributed by atoms with Gasteiger partial charge in [0.25, 0.3) is 0 Å². The molecule has 2 aliphatic carbocycles. The van der Waals surface area contributed by atoms with Crippen LogP contribution < -0.4 is 11.1 Å². The van der Waals surface area contributed by atoms with Gasteiger partial charge in [-0.1, -0.05) is 31.2 Å². The van der Waals surface area contributed by atoms with Gasteiger partial charge in [0.05, 0.1) is 0 Å². The van der Waals surface area contributed by atoms with E-state index in [0.29, 0.717) is 24.6 Å². The van der Waals surface area contributed by atoms with Gasteiger partial charge in [0, 0.05) is 42.6 Å². The normalized spacial score (nSPS) is 20.4. The van der Waals surface area contributed by atoms with Gasteiger partial charge in [-0.2, -0.15) is 11.3 Å². The van der Waals surface area contributed by atoms with Crippen molar-refractivity contribution in [2.45, 2.75) is 76.3 Å². The van der Waals surface area contributed by atoms with E-state index in [-0.39, 0.29) is 23.4 Å². The summed E-state index contributed by atoms with van der Waals surface area (Å²) in [5, 5.41) is 16.0. The van der Waals surface area contributed by atoms with E-state index >= 15 is 0 Å². The first-order chi connectivity index (χ1) is 18.4. The Balaban J connectivity index is 1.26. The second kappa shape index (κ2) is 11.3. The summed E-state index contributed by atoms with van der Waals surface area (Å²) in [6, 6.07) is 12.6. The summed E-state index contributed by atoms with van der Waals surface area (Å²) in [6.07, 6.45) is 8.01. The summed E-state index contributed by atoms with van der Waals surface area (Å²) >= 11 is 1.63. The summed E-state index contributed by atoms with van der Waals surface area (Å²) in [7, 11) is 1.90. The number of nitrogens with one attached hydrogen (secondary N) is 1. The smallest absolute Gasteiger partial charge is 0.225 e. The molecule has 2 saturated carbocycles. The van der Waals surface area contributed by atoms with Gasteiger partial charge in [-0.05, 0) is 84.9 Å². The van der Waals surface area contributed by atoms with Crippen LogP contribution in [0.5, 0.6) is 0 Å². The van der Waals surface area contributed by atoms with Crippen molar-refractivity contribution < 1.29 is 9.59 Å². The zero-order valence-electron chi connectivity index (χ0n) is 22.3. The number of carbonyl (C=O) groups is 2. The number of aromatic nitrogens is 2. The Morgan fingerprint density at radius 1 is 1.08 bits per heavy atom. The molecule has 0 saturated heterocycles. The Morgan fingerprint density at radius 3 is 2.42 bits per heavy atom. The fraction of sp³-hybridized carbons (Fsp3) is 0.467. The van der Waals surface area contributed by atoms with Crippen LogP contribution in [0.3, 0.4) is 0 Å². The molecule has 5 rings (SSSR count). The lowest BCUT2D eigenvalue weighted by Crippen LogP contribution is -2.43. The molecule has 38 heavy (non-hydrogen) atoms. The van der Waals surface area contributed by atoms with Crippen molar-refractivity contribution in [1.29, 1.82) is 0 Å². The predicted octanol–water partition coefficient (Wildman–Crippen LogP) is 5.97. The van der Waals surface area contributed by atoms with Gasteiger partial charge in [-0.25, -0.2) is 0 Å². The van der Waals surface area contributed by atoms with Crippen LogP contribution in [0.25, 0.3) is 22.4 Å². The van der Waals surface area contributed by atoms with E-state index in [1.54, 1.807) is 11.3 Å². The molecular weight excluding hydrogens is 494 g/mol. The molecular formula is C30H37N5O2S. The van der Waals surface area contributed by atoms with Crippen molar-refractivity contribution in [3.05, 3.63) is 52.7 Å². The Labute approximate surface area is 228 Å². The Morgan fingerprint density at radius 2 is 1.82 bits per heavy atom. The molecule has 3 N–H and O–H groups in total. The summed E-state index contributed by atoms with van der Waals surface area (Å²) in [6.45, 7) is 1.90. The molecule has 0 spiro atoms. The average molecular weight is 532 g/mol. The molecule has 2 amide bonds. The van der Waals surface area contributed by atoms with Gasteiger partial charge >= 0.3 is 0 Å². The molecule has 0 atom stereocenters. The maximum Gasteiger partial charge on any atom is 0.225 e. The summed E-state index contributed by atoms with van der Waals surface area (Å²) in [4.78, 5) is 26.8. The number of hydrogen-bond donors (Lipinski definition) is 2. The highest BCUT2D eigenvalue weighted by atomic mass is 32.1. The summed E-state index contributed by atoms with van der Waals surface area (Å²) in [5.74, 6) is 0.934. The highest BCUT2D eigenvalue weighted by molar-refractivity contribution is 7.08. The van der Waals surface area contributed by atoms with E-state index in [2.05, 4.69) is 51.2 Å². The van der Waals surface area contributed by atoms with Crippen LogP contribution in [0.4, 0.5) is 5.82 Å². The highest BCUT2D eigenvalue weighted by Gasteiger charge is 2.34. The van der Waals surface area contributed by atoms with Crippen molar-refractivity contribution >= 4 is 29.0 Å². The van der Waals surface area contributed by atoms with Gasteiger partial charge in [0.2, 0.25) is 11.8 Å². The molecule has 8 heteroatoms. The molecule has 0 aliphatic heterocycles. The summed E-state index contributed by atoms with van der Waals surface area (Å²) in [5.41, 5.74) is 11.2. The number of rotatable bonds is 8. The monoisotopic (exact) mass is 531 g/mol. The number of benzene rings is 1. The zero-order valence-corrected chi connectivity index (χ0v) is 23.1. The molecule has 2 fully saturated rings. The van der Waals surface area contributed by atoms with Crippen LogP contribution in [0.2, 0.25) is 0 Å². The van der Waals surface area contributed by atoms with Gasteiger partial charge in [-0.15, -0.1) is 10.2 Å². The quantitative estimate of drug-likeness (QED) is 0.373. The first-order valence-corrected chi connectivity index (χ1v) is 14.7. The number of anilines is 1. The summed E-state index contributed by atoms with van der Waals surface area (Å²) < 4.78 is 0. The van der Waals surface area contributed by atoms with E-state index in [0.717, 1.165) is 60.9 Å². The van der Waals surface area contributed by atoms with Crippen LogP contribution >= 0.6 is 11.3 Å². The number of carbonyl (C=O) groups excluding carboxylic acids is 2. The number of nitrogens with two attached hydrogens (primary N) is 1. The van der Waals surface area contributed by atoms with Crippen LogP contribution in [-0.2, 0) is 15.1 Å². The van der Waals surface area contributed by atoms with Gasteiger partial charge in [0.1, 0.15) is 5.69 Å². The minimum atomic E-state index is -0.198. The molecule has 200 valence electrons. The average Bonchev–Trinajstić information content (AvgIpc) is 3.46. The molecule has 2 aliphatic rings. The number of hydrogen-bond acceptors (Lipinski definition) is 6. The lowest BCUT2D eigenvalue weighted by Gasteiger charge is -2.38. The Kier molecular flexibility index (Phi) is 7.91. The van der Waals surface area contributed by atoms with Crippen LogP contribution in [-0.4, -0.2) is 40.0 Å². The minimum Gasteiger partial charge on any atom is -0.343 e. The molecule has 7 nitrogen and oxygen atoms in total. The molecule has 0 radical (unpaired) electrons. The molecule has 0 bridgehead atoms. The zero-order chi connectivity index (χ0) is 26.7. The van der Waals surface area contributed by atoms with Crippen molar-refractivity contribution in [3.8, 4) is 22.4 Å². The third-order valence-electron chi connectivity index (χ3n) is 8.41. The second-order valence-corrected chi connectivity index (χ2v) is 11.7. The van der Waals surface area contributed by atoms with E-state index in [1.807, 2.05) is 30.3 Å². The molecule has 0 unspecified atom stereocenters. The SMILES string of the molecule is CCC(=O)N(C)[C@H]1CC[C@H](CC(=O)Nc2cc(-c3ccsc3)c(-c3ccc(C4(N)CCC4)cc3)nn2)CC1. The first kappa shape index (κ1) is 26.5. The topological polar surface area (TPSA) is 101 Å². The fourth-order valence-corrected chi connectivity index (χ4v) is 6.41. The van der Waals surface area contributed by atoms with E-state index in [4.69, 9.17) is 5.73 Å². The van der Waals surface area contributed by atoms with E-state index in [1.165, 1.54) is 12.0 Å². The standard InChI is InChI=1S/C30H37N5O2S/c1-3-28(37)35(2)24-11-5-20(6-12-24)17-27(36)32-26-18-25(22-13-16-38-19-22)29(34-33-26)21-7-9-23(10-8-21)30(31)14-4-15-30/h7-10,13,16,18-20,24H,3-6,11-12,14-15,17,31H2,1-2H3,(H,32,33,36)/t20-,24-. The van der Waals surface area contributed by atoms with Gasteiger partial charge in [-0.3, -0.25) is 9.59 Å². The van der Waals surface area contributed by atoms with E-state index in [9.17, 15) is 9.59 Å². The number of nitrogens with zero attached hydrogens (tertiary/aromatic N) is 3. The van der Waals surface area contributed by atoms with Gasteiger partial charge < -0.3 is 16.0 Å². The number of amides is 2. The lowest BCUT2D eigenvalue weighted by atomic mass is 9.72. The van der Waals surface area contributed by atoms with Crippen LogP contribution in [0, 0.1) is 5.92 Å². The maximum atomic E-state index is 12.9. The van der Waals surface area contributed by atoms with Crippen molar-refractivity contribution in [2.75, 3.05) is 12.4 Å². The number of thiophene rings is 1. The van der Waals surface area contributed by atoms with Crippen molar-refractivity contribution in [1.82, 2.24) is 15.1 Å². The Hall–Kier alpha value is -3.10. The lowest BCUT2D eigenvalue weighted by molar-refractivity contribution is -0.132.